The summed E-state index contributed by atoms with van der Waals surface area (Å²) < 4.78 is 14.9. The number of nitrogens with one attached hydrogen (secondary N) is 1. The van der Waals surface area contributed by atoms with Gasteiger partial charge in [0.2, 0.25) is 5.69 Å². The molecule has 1 saturated heterocycles. The van der Waals surface area contributed by atoms with Gasteiger partial charge in [0.1, 0.15) is 5.82 Å². The minimum atomic E-state index is -0.165. The number of unbranched alkanes of at least 4 members (excludes halogenated alkanes) is 1. The molecule has 0 saturated carbocycles. The van der Waals surface area contributed by atoms with E-state index in [-0.39, 0.29) is 5.82 Å². The summed E-state index contributed by atoms with van der Waals surface area (Å²) in [6, 6.07) is 13.0. The van der Waals surface area contributed by atoms with Gasteiger partial charge in [-0.1, -0.05) is 18.2 Å². The Hall–Kier alpha value is -2.66. The maximum Gasteiger partial charge on any atom is 0.219 e. The van der Waals surface area contributed by atoms with E-state index in [9.17, 15) is 9.60 Å². The molecule has 0 unspecified atom stereocenters. The monoisotopic (exact) mass is 419 g/mol. The van der Waals surface area contributed by atoms with Gasteiger partial charge in [0.25, 0.3) is 0 Å². The number of hydrogen-bond acceptors (Lipinski definition) is 2. The van der Waals surface area contributed by atoms with Crippen LogP contribution in [0.2, 0.25) is 0 Å². The van der Waals surface area contributed by atoms with Crippen molar-refractivity contribution in [3.8, 4) is 0 Å². The van der Waals surface area contributed by atoms with Crippen molar-refractivity contribution in [2.24, 2.45) is 0 Å². The number of aromatic nitrogens is 1. The summed E-state index contributed by atoms with van der Waals surface area (Å²) in [5.74, 6) is 0.334. The van der Waals surface area contributed by atoms with Crippen molar-refractivity contribution >= 4 is 22.3 Å². The molecule has 5 heteroatoms. The molecule has 0 bridgehead atoms. The molecule has 5 rings (SSSR count). The number of para-hydroxylation sites is 1. The van der Waals surface area contributed by atoms with Crippen LogP contribution in [-0.4, -0.2) is 40.0 Å². The molecule has 0 aliphatic carbocycles. The van der Waals surface area contributed by atoms with Crippen molar-refractivity contribution in [2.45, 2.75) is 50.9 Å². The lowest BCUT2D eigenvalue weighted by atomic mass is 9.89. The first-order chi connectivity index (χ1) is 15.2. The van der Waals surface area contributed by atoms with E-state index in [0.29, 0.717) is 5.92 Å². The van der Waals surface area contributed by atoms with Crippen molar-refractivity contribution in [2.75, 3.05) is 19.6 Å². The third-order valence-corrected chi connectivity index (χ3v) is 7.07. The largest absolute Gasteiger partial charge is 0.618 e. The molecule has 3 aromatic rings. The Bertz CT molecular complexity index is 1090. The fraction of sp³-hybridized carbons (Fsp3) is 0.423. The molecule has 1 aromatic heterocycles. The van der Waals surface area contributed by atoms with Gasteiger partial charge >= 0.3 is 0 Å². The first-order valence-corrected chi connectivity index (χ1v) is 11.6. The molecule has 0 radical (unpaired) electrons. The highest BCUT2D eigenvalue weighted by Crippen LogP contribution is 2.33. The first-order valence-electron chi connectivity index (χ1n) is 11.6. The van der Waals surface area contributed by atoms with Gasteiger partial charge in [-0.3, -0.25) is 0 Å². The van der Waals surface area contributed by atoms with E-state index in [2.05, 4.69) is 22.1 Å². The summed E-state index contributed by atoms with van der Waals surface area (Å²) in [7, 11) is 0. The second-order valence-electron chi connectivity index (χ2n) is 9.00. The van der Waals surface area contributed by atoms with Gasteiger partial charge in [0, 0.05) is 41.6 Å². The van der Waals surface area contributed by atoms with Crippen LogP contribution in [0, 0.1) is 11.0 Å². The topological polar surface area (TPSA) is 45.1 Å². The second kappa shape index (κ2) is 8.83. The standard InChI is InChI=1S/C26H30FN3O/c27-21-9-11-25-23(17-21)24(18-28-25)19-12-15-29(16-13-19)14-4-3-6-22-10-8-20-5-1-2-7-26(20)30(22)31/h1-2,5,7,9,11,17-19,28H,3-4,6,8,10,12-16H2. The number of likely N-dealkylation sites (tertiary alicyclic amines) is 1. The zero-order valence-electron chi connectivity index (χ0n) is 17.9. The number of hydrogen-bond donors (Lipinski definition) is 1. The normalized spacial score (nSPS) is 18.0. The number of halogens is 1. The molecule has 2 aromatic carbocycles. The summed E-state index contributed by atoms with van der Waals surface area (Å²) in [5, 5.41) is 13.7. The Labute approximate surface area is 183 Å². The molecule has 162 valence electrons. The lowest BCUT2D eigenvalue weighted by molar-refractivity contribution is -0.367. The molecule has 1 N–H and O–H groups in total. The third-order valence-electron chi connectivity index (χ3n) is 7.07. The average Bonchev–Trinajstić information content (AvgIpc) is 3.21. The molecular weight excluding hydrogens is 389 g/mol. The number of fused-ring (bicyclic) bond motifs is 2. The molecule has 2 aliphatic rings. The minimum Gasteiger partial charge on any atom is -0.618 e. The molecular formula is C26H30FN3O. The molecule has 1 fully saturated rings. The fourth-order valence-corrected chi connectivity index (χ4v) is 5.28. The lowest BCUT2D eigenvalue weighted by Gasteiger charge is -2.32. The van der Waals surface area contributed by atoms with Crippen molar-refractivity contribution in [3.05, 3.63) is 70.8 Å². The maximum absolute atomic E-state index is 13.7. The molecule has 0 spiro atoms. The zero-order valence-corrected chi connectivity index (χ0v) is 17.9. The molecule has 3 heterocycles. The van der Waals surface area contributed by atoms with Crippen molar-refractivity contribution in [3.63, 3.8) is 0 Å². The van der Waals surface area contributed by atoms with E-state index in [4.69, 9.17) is 0 Å². The highest BCUT2D eigenvalue weighted by molar-refractivity contribution is 5.84. The number of rotatable bonds is 6. The number of aryl methyl sites for hydroxylation is 1. The quantitative estimate of drug-likeness (QED) is 0.308. The van der Waals surface area contributed by atoms with Gasteiger partial charge in [-0.05, 0) is 81.4 Å². The number of nitrogens with zero attached hydrogens (tertiary/aromatic N) is 2. The fourth-order valence-electron chi connectivity index (χ4n) is 5.28. The summed E-state index contributed by atoms with van der Waals surface area (Å²) in [4.78, 5) is 5.84. The maximum atomic E-state index is 13.7. The van der Waals surface area contributed by atoms with E-state index < -0.39 is 0 Å². The summed E-state index contributed by atoms with van der Waals surface area (Å²) in [6.07, 6.45) is 9.26. The van der Waals surface area contributed by atoms with Crippen LogP contribution in [-0.2, 0) is 6.42 Å². The van der Waals surface area contributed by atoms with Crippen LogP contribution in [0.4, 0.5) is 10.1 Å². The van der Waals surface area contributed by atoms with Crippen molar-refractivity contribution in [1.29, 1.82) is 0 Å². The van der Waals surface area contributed by atoms with Gasteiger partial charge in [-0.15, -0.1) is 0 Å². The SMILES string of the molecule is [O-][N+]1=C(CCCCN2CCC(c3c[nH]c4ccc(F)cc34)CC2)CCc2ccccc21. The Kier molecular flexibility index (Phi) is 5.77. The minimum absolute atomic E-state index is 0.165. The number of aromatic amines is 1. The number of benzene rings is 2. The Balaban J connectivity index is 1.10. The van der Waals surface area contributed by atoms with Gasteiger partial charge in [0.15, 0.2) is 5.71 Å². The highest BCUT2D eigenvalue weighted by atomic mass is 19.1. The highest BCUT2D eigenvalue weighted by Gasteiger charge is 2.24. The van der Waals surface area contributed by atoms with Crippen LogP contribution in [0.25, 0.3) is 10.9 Å². The Morgan fingerprint density at radius 3 is 2.77 bits per heavy atom. The molecule has 0 amide bonds. The number of piperidine rings is 1. The van der Waals surface area contributed by atoms with E-state index >= 15 is 0 Å². The Morgan fingerprint density at radius 2 is 1.90 bits per heavy atom. The average molecular weight is 420 g/mol. The van der Waals surface area contributed by atoms with Crippen LogP contribution in [0.15, 0.2) is 48.7 Å². The first kappa shape index (κ1) is 20.3. The van der Waals surface area contributed by atoms with Crippen molar-refractivity contribution < 1.29 is 9.13 Å². The van der Waals surface area contributed by atoms with E-state index in [1.807, 2.05) is 24.3 Å². The van der Waals surface area contributed by atoms with E-state index in [0.717, 1.165) is 86.9 Å². The molecule has 0 atom stereocenters. The molecule has 2 aliphatic heterocycles. The zero-order chi connectivity index (χ0) is 21.2. The van der Waals surface area contributed by atoms with Gasteiger partial charge < -0.3 is 15.1 Å². The summed E-state index contributed by atoms with van der Waals surface area (Å²) in [6.45, 7) is 3.27. The van der Waals surface area contributed by atoms with Crippen LogP contribution in [0.3, 0.4) is 0 Å². The molecule has 4 nitrogen and oxygen atoms in total. The second-order valence-corrected chi connectivity index (χ2v) is 9.00. The van der Waals surface area contributed by atoms with Crippen LogP contribution in [0.5, 0.6) is 0 Å². The van der Waals surface area contributed by atoms with Crippen LogP contribution >= 0.6 is 0 Å². The summed E-state index contributed by atoms with van der Waals surface area (Å²) in [5.41, 5.74) is 5.32. The van der Waals surface area contributed by atoms with E-state index in [1.54, 1.807) is 6.07 Å². The van der Waals surface area contributed by atoms with Gasteiger partial charge in [-0.25, -0.2) is 4.39 Å². The Morgan fingerprint density at radius 1 is 1.06 bits per heavy atom. The van der Waals surface area contributed by atoms with Gasteiger partial charge in [0.05, 0.1) is 0 Å². The lowest BCUT2D eigenvalue weighted by Crippen LogP contribution is -2.33. The summed E-state index contributed by atoms with van der Waals surface area (Å²) >= 11 is 0. The predicted octanol–water partition coefficient (Wildman–Crippen LogP) is 5.89. The molecule has 31 heavy (non-hydrogen) atoms. The van der Waals surface area contributed by atoms with Crippen LogP contribution in [0.1, 0.15) is 55.6 Å². The van der Waals surface area contributed by atoms with Gasteiger partial charge in [-0.2, -0.15) is 4.74 Å². The van der Waals surface area contributed by atoms with Crippen molar-refractivity contribution in [1.82, 2.24) is 9.88 Å². The third kappa shape index (κ3) is 4.24. The van der Waals surface area contributed by atoms with E-state index in [1.165, 1.54) is 21.9 Å². The van der Waals surface area contributed by atoms with Crippen LogP contribution < -0.4 is 0 Å². The number of H-pyrrole nitrogens is 1. The smallest absolute Gasteiger partial charge is 0.219 e. The predicted molar refractivity (Wildman–Crippen MR) is 124 cm³/mol.